The van der Waals surface area contributed by atoms with Gasteiger partial charge in [0, 0.05) is 40.6 Å². The van der Waals surface area contributed by atoms with E-state index in [4.69, 9.17) is 0 Å². The molecule has 1 aliphatic heterocycles. The molecule has 0 unspecified atom stereocenters. The van der Waals surface area contributed by atoms with Crippen LogP contribution in [0.15, 0.2) is 30.3 Å². The van der Waals surface area contributed by atoms with Gasteiger partial charge in [-0.25, -0.2) is 0 Å². The number of hydrogen-bond donors (Lipinski definition) is 3. The van der Waals surface area contributed by atoms with Crippen molar-refractivity contribution in [1.29, 1.82) is 0 Å². The smallest absolute Gasteiger partial charge is 0.211 e. The number of nitrogens with one attached hydrogen (secondary N) is 3. The summed E-state index contributed by atoms with van der Waals surface area (Å²) < 4.78 is 0. The molecule has 0 spiro atoms. The summed E-state index contributed by atoms with van der Waals surface area (Å²) in [6, 6.07) is 10.3. The average molecular weight is 251 g/mol. The van der Waals surface area contributed by atoms with E-state index in [0.29, 0.717) is 6.41 Å². The molecule has 2 aromatic carbocycles. The van der Waals surface area contributed by atoms with Crippen molar-refractivity contribution in [2.24, 2.45) is 0 Å². The molecule has 4 rings (SSSR count). The van der Waals surface area contributed by atoms with Crippen molar-refractivity contribution in [2.75, 3.05) is 5.32 Å². The van der Waals surface area contributed by atoms with Gasteiger partial charge in [-0.1, -0.05) is 6.07 Å². The summed E-state index contributed by atoms with van der Waals surface area (Å²) in [6.45, 7) is 1.84. The van der Waals surface area contributed by atoms with Gasteiger partial charge in [-0.05, 0) is 35.4 Å². The van der Waals surface area contributed by atoms with Gasteiger partial charge in [0.05, 0.1) is 0 Å². The molecular weight excluding hydrogens is 238 g/mol. The molecular formula is C15H13N3O. The van der Waals surface area contributed by atoms with E-state index in [9.17, 15) is 4.79 Å². The second kappa shape index (κ2) is 3.83. The SMILES string of the molecule is O=CNc1ccc2[nH]c3ccc4c(c3c2c1)CNC4. The minimum absolute atomic E-state index is 0.710. The normalized spacial score (nSPS) is 13.9. The quantitative estimate of drug-likeness (QED) is 0.613. The fourth-order valence-corrected chi connectivity index (χ4v) is 2.96. The molecule has 1 amide bonds. The Morgan fingerprint density at radius 2 is 2.00 bits per heavy atom. The Hall–Kier alpha value is -2.33. The van der Waals surface area contributed by atoms with E-state index in [1.807, 2.05) is 18.2 Å². The molecule has 19 heavy (non-hydrogen) atoms. The van der Waals surface area contributed by atoms with Crippen LogP contribution in [0.3, 0.4) is 0 Å². The fraction of sp³-hybridized carbons (Fsp3) is 0.133. The number of aromatic nitrogens is 1. The molecule has 0 aliphatic carbocycles. The summed E-state index contributed by atoms with van der Waals surface area (Å²) in [6.07, 6.45) is 0.710. The fourth-order valence-electron chi connectivity index (χ4n) is 2.96. The van der Waals surface area contributed by atoms with Gasteiger partial charge in [0.15, 0.2) is 0 Å². The number of benzene rings is 2. The average Bonchev–Trinajstić information content (AvgIpc) is 3.01. The molecule has 0 radical (unpaired) electrons. The summed E-state index contributed by atoms with van der Waals surface area (Å²) in [7, 11) is 0. The maximum absolute atomic E-state index is 10.6. The predicted octanol–water partition coefficient (Wildman–Crippen LogP) is 2.49. The van der Waals surface area contributed by atoms with Gasteiger partial charge in [-0.15, -0.1) is 0 Å². The van der Waals surface area contributed by atoms with Crippen molar-refractivity contribution in [3.63, 3.8) is 0 Å². The molecule has 94 valence electrons. The highest BCUT2D eigenvalue weighted by Gasteiger charge is 2.16. The third kappa shape index (κ3) is 1.47. The monoisotopic (exact) mass is 251 g/mol. The van der Waals surface area contributed by atoms with E-state index < -0.39 is 0 Å². The van der Waals surface area contributed by atoms with Crippen LogP contribution >= 0.6 is 0 Å². The van der Waals surface area contributed by atoms with Crippen molar-refractivity contribution in [2.45, 2.75) is 13.1 Å². The zero-order chi connectivity index (χ0) is 12.8. The zero-order valence-corrected chi connectivity index (χ0v) is 10.3. The highest BCUT2D eigenvalue weighted by atomic mass is 16.1. The van der Waals surface area contributed by atoms with Crippen LogP contribution in [0.4, 0.5) is 5.69 Å². The van der Waals surface area contributed by atoms with Crippen molar-refractivity contribution in [1.82, 2.24) is 10.3 Å². The predicted molar refractivity (Wildman–Crippen MR) is 76.0 cm³/mol. The standard InChI is InChI=1S/C15H13N3O/c19-8-17-10-2-4-13-11(5-10)15-12-7-16-6-9(12)1-3-14(15)18-13/h1-5,8,16,18H,6-7H2,(H,17,19). The summed E-state index contributed by atoms with van der Waals surface area (Å²) in [5.74, 6) is 0. The van der Waals surface area contributed by atoms with Crippen LogP contribution in [-0.2, 0) is 17.9 Å². The Morgan fingerprint density at radius 3 is 2.89 bits per heavy atom. The highest BCUT2D eigenvalue weighted by Crippen LogP contribution is 2.33. The van der Waals surface area contributed by atoms with E-state index in [1.165, 1.54) is 21.9 Å². The maximum atomic E-state index is 10.6. The lowest BCUT2D eigenvalue weighted by Crippen LogP contribution is -2.00. The van der Waals surface area contributed by atoms with Crippen molar-refractivity contribution in [3.8, 4) is 0 Å². The molecule has 3 aromatic rings. The minimum atomic E-state index is 0.710. The third-order valence-electron chi connectivity index (χ3n) is 3.81. The Morgan fingerprint density at radius 1 is 1.11 bits per heavy atom. The van der Waals surface area contributed by atoms with Crippen LogP contribution in [0, 0.1) is 0 Å². The first-order valence-electron chi connectivity index (χ1n) is 6.34. The van der Waals surface area contributed by atoms with Gasteiger partial charge in [0.25, 0.3) is 0 Å². The van der Waals surface area contributed by atoms with Gasteiger partial charge < -0.3 is 15.6 Å². The third-order valence-corrected chi connectivity index (χ3v) is 3.81. The van der Waals surface area contributed by atoms with Crippen LogP contribution in [0.5, 0.6) is 0 Å². The molecule has 0 atom stereocenters. The van der Waals surface area contributed by atoms with Crippen LogP contribution in [-0.4, -0.2) is 11.4 Å². The van der Waals surface area contributed by atoms with Crippen LogP contribution in [0.1, 0.15) is 11.1 Å². The summed E-state index contributed by atoms with van der Waals surface area (Å²) >= 11 is 0. The second-order valence-electron chi connectivity index (χ2n) is 4.88. The molecule has 0 bridgehead atoms. The van der Waals surface area contributed by atoms with Gasteiger partial charge in [-0.3, -0.25) is 4.79 Å². The number of carbonyl (C=O) groups excluding carboxylic acids is 1. The van der Waals surface area contributed by atoms with Gasteiger partial charge >= 0.3 is 0 Å². The first-order chi connectivity index (χ1) is 9.36. The van der Waals surface area contributed by atoms with E-state index in [1.54, 1.807) is 0 Å². The zero-order valence-electron chi connectivity index (χ0n) is 10.3. The summed E-state index contributed by atoms with van der Waals surface area (Å²) in [5.41, 5.74) is 5.81. The Balaban J connectivity index is 2.09. The molecule has 0 saturated carbocycles. The van der Waals surface area contributed by atoms with Gasteiger partial charge in [0.1, 0.15) is 0 Å². The van der Waals surface area contributed by atoms with Crippen molar-refractivity contribution in [3.05, 3.63) is 41.5 Å². The Bertz CT molecular complexity index is 804. The maximum Gasteiger partial charge on any atom is 0.211 e. The van der Waals surface area contributed by atoms with Gasteiger partial charge in [-0.2, -0.15) is 0 Å². The number of hydrogen-bond acceptors (Lipinski definition) is 2. The van der Waals surface area contributed by atoms with Crippen LogP contribution in [0.25, 0.3) is 21.8 Å². The summed E-state index contributed by atoms with van der Waals surface area (Å²) in [5, 5.41) is 8.54. The molecule has 4 nitrogen and oxygen atoms in total. The van der Waals surface area contributed by atoms with E-state index >= 15 is 0 Å². The molecule has 1 aliphatic rings. The number of carbonyl (C=O) groups is 1. The number of fused-ring (bicyclic) bond motifs is 5. The number of anilines is 1. The number of H-pyrrole nitrogens is 1. The second-order valence-corrected chi connectivity index (χ2v) is 4.88. The lowest BCUT2D eigenvalue weighted by molar-refractivity contribution is -0.105. The Kier molecular flexibility index (Phi) is 2.13. The van der Waals surface area contributed by atoms with E-state index in [0.717, 1.165) is 29.8 Å². The lowest BCUT2D eigenvalue weighted by atomic mass is 10.0. The minimum Gasteiger partial charge on any atom is -0.354 e. The summed E-state index contributed by atoms with van der Waals surface area (Å²) in [4.78, 5) is 14.0. The number of rotatable bonds is 2. The molecule has 1 aromatic heterocycles. The first kappa shape index (κ1) is 10.6. The van der Waals surface area contributed by atoms with Crippen molar-refractivity contribution >= 4 is 33.9 Å². The molecule has 0 saturated heterocycles. The number of amides is 1. The van der Waals surface area contributed by atoms with Gasteiger partial charge in [0.2, 0.25) is 6.41 Å². The topological polar surface area (TPSA) is 56.9 Å². The largest absolute Gasteiger partial charge is 0.354 e. The molecule has 0 fully saturated rings. The van der Waals surface area contributed by atoms with Crippen molar-refractivity contribution < 1.29 is 4.79 Å². The van der Waals surface area contributed by atoms with E-state index in [-0.39, 0.29) is 0 Å². The molecule has 2 heterocycles. The van der Waals surface area contributed by atoms with Crippen LogP contribution in [0.2, 0.25) is 0 Å². The van der Waals surface area contributed by atoms with Crippen LogP contribution < -0.4 is 10.6 Å². The molecule has 3 N–H and O–H groups in total. The number of aromatic amines is 1. The first-order valence-corrected chi connectivity index (χ1v) is 6.34. The van der Waals surface area contributed by atoms with E-state index in [2.05, 4.69) is 27.8 Å². The lowest BCUT2D eigenvalue weighted by Gasteiger charge is -2.02. The molecule has 4 heteroatoms. The Labute approximate surface area is 109 Å². The highest BCUT2D eigenvalue weighted by molar-refractivity contribution is 6.10.